The van der Waals surface area contributed by atoms with Crippen LogP contribution < -0.4 is 0 Å². The second-order valence-corrected chi connectivity index (χ2v) is 4.58. The molecule has 1 aliphatic heterocycles. The number of hydrogen-bond donors (Lipinski definition) is 0. The zero-order chi connectivity index (χ0) is 13.0. The standard InChI is InChI=1S/C14H15FN2O/c15-13-3-1-2-11(8-13)6-7-17-10-12(9-16)4-5-14(17)18/h1-3,8,12H,4-7,10H2. The lowest BCUT2D eigenvalue weighted by atomic mass is 9.98. The fraction of sp³-hybridized carbons (Fsp3) is 0.429. The molecular formula is C14H15FN2O. The quantitative estimate of drug-likeness (QED) is 0.820. The summed E-state index contributed by atoms with van der Waals surface area (Å²) >= 11 is 0. The molecule has 2 rings (SSSR count). The van der Waals surface area contributed by atoms with Gasteiger partial charge in [-0.15, -0.1) is 0 Å². The van der Waals surface area contributed by atoms with Gasteiger partial charge in [-0.2, -0.15) is 5.26 Å². The number of nitriles is 1. The summed E-state index contributed by atoms with van der Waals surface area (Å²) in [4.78, 5) is 13.4. The van der Waals surface area contributed by atoms with Gasteiger partial charge in [-0.25, -0.2) is 4.39 Å². The molecule has 1 aliphatic rings. The number of piperidine rings is 1. The van der Waals surface area contributed by atoms with Crippen molar-refractivity contribution in [1.29, 1.82) is 5.26 Å². The van der Waals surface area contributed by atoms with E-state index in [1.165, 1.54) is 12.1 Å². The van der Waals surface area contributed by atoms with Crippen molar-refractivity contribution in [3.8, 4) is 6.07 Å². The number of rotatable bonds is 3. The molecule has 0 saturated carbocycles. The third kappa shape index (κ3) is 3.07. The van der Waals surface area contributed by atoms with Crippen LogP contribution in [0.15, 0.2) is 24.3 Å². The third-order valence-electron chi connectivity index (χ3n) is 3.24. The van der Waals surface area contributed by atoms with Gasteiger partial charge in [0, 0.05) is 19.5 Å². The van der Waals surface area contributed by atoms with E-state index in [1.807, 2.05) is 6.07 Å². The van der Waals surface area contributed by atoms with Crippen molar-refractivity contribution >= 4 is 5.91 Å². The Bertz CT molecular complexity index is 481. The van der Waals surface area contributed by atoms with Gasteiger partial charge in [-0.3, -0.25) is 4.79 Å². The van der Waals surface area contributed by atoms with Crippen molar-refractivity contribution in [2.24, 2.45) is 5.92 Å². The van der Waals surface area contributed by atoms with Crippen LogP contribution in [0.3, 0.4) is 0 Å². The lowest BCUT2D eigenvalue weighted by Gasteiger charge is -2.29. The average molecular weight is 246 g/mol. The molecule has 94 valence electrons. The highest BCUT2D eigenvalue weighted by Gasteiger charge is 2.24. The first-order valence-corrected chi connectivity index (χ1v) is 6.11. The van der Waals surface area contributed by atoms with Crippen LogP contribution in [0.5, 0.6) is 0 Å². The highest BCUT2D eigenvalue weighted by atomic mass is 19.1. The Morgan fingerprint density at radius 1 is 1.50 bits per heavy atom. The maximum atomic E-state index is 13.0. The van der Waals surface area contributed by atoms with E-state index < -0.39 is 0 Å². The second-order valence-electron chi connectivity index (χ2n) is 4.58. The fourth-order valence-electron chi connectivity index (χ4n) is 2.19. The van der Waals surface area contributed by atoms with E-state index in [-0.39, 0.29) is 17.6 Å². The van der Waals surface area contributed by atoms with E-state index in [9.17, 15) is 9.18 Å². The number of amides is 1. The largest absolute Gasteiger partial charge is 0.341 e. The Hall–Kier alpha value is -1.89. The van der Waals surface area contributed by atoms with Gasteiger partial charge in [0.2, 0.25) is 5.91 Å². The minimum Gasteiger partial charge on any atom is -0.341 e. The first-order chi connectivity index (χ1) is 8.69. The summed E-state index contributed by atoms with van der Waals surface area (Å²) in [5, 5.41) is 8.88. The molecule has 1 aromatic carbocycles. The van der Waals surface area contributed by atoms with E-state index in [1.54, 1.807) is 11.0 Å². The van der Waals surface area contributed by atoms with Crippen LogP contribution in [-0.4, -0.2) is 23.9 Å². The zero-order valence-electron chi connectivity index (χ0n) is 10.1. The minimum atomic E-state index is -0.257. The summed E-state index contributed by atoms with van der Waals surface area (Å²) in [5.41, 5.74) is 0.877. The summed E-state index contributed by atoms with van der Waals surface area (Å²) in [6, 6.07) is 8.61. The SMILES string of the molecule is N#CC1CCC(=O)N(CCc2cccc(F)c2)C1. The summed E-state index contributed by atoms with van der Waals surface area (Å²) in [6.07, 6.45) is 1.73. The molecule has 0 spiro atoms. The summed E-state index contributed by atoms with van der Waals surface area (Å²) in [5.74, 6) is -0.222. The minimum absolute atomic E-state index is 0.0600. The van der Waals surface area contributed by atoms with E-state index >= 15 is 0 Å². The van der Waals surface area contributed by atoms with E-state index in [4.69, 9.17) is 5.26 Å². The van der Waals surface area contributed by atoms with Gasteiger partial charge in [0.25, 0.3) is 0 Å². The van der Waals surface area contributed by atoms with Crippen LogP contribution in [0.4, 0.5) is 4.39 Å². The molecule has 1 amide bonds. The molecule has 1 heterocycles. The van der Waals surface area contributed by atoms with Crippen molar-refractivity contribution in [2.45, 2.75) is 19.3 Å². The highest BCUT2D eigenvalue weighted by Crippen LogP contribution is 2.17. The van der Waals surface area contributed by atoms with Crippen LogP contribution in [0.25, 0.3) is 0 Å². The number of benzene rings is 1. The van der Waals surface area contributed by atoms with Crippen LogP contribution in [0, 0.1) is 23.1 Å². The van der Waals surface area contributed by atoms with Crippen LogP contribution in [-0.2, 0) is 11.2 Å². The van der Waals surface area contributed by atoms with E-state index in [0.29, 0.717) is 32.4 Å². The molecule has 18 heavy (non-hydrogen) atoms. The van der Waals surface area contributed by atoms with Crippen LogP contribution in [0.2, 0.25) is 0 Å². The van der Waals surface area contributed by atoms with Gasteiger partial charge in [0.15, 0.2) is 0 Å². The molecule has 0 N–H and O–H groups in total. The van der Waals surface area contributed by atoms with Crippen molar-refractivity contribution in [1.82, 2.24) is 4.90 Å². The van der Waals surface area contributed by atoms with Gasteiger partial charge in [0.05, 0.1) is 12.0 Å². The Morgan fingerprint density at radius 3 is 3.06 bits per heavy atom. The molecule has 1 aromatic rings. The van der Waals surface area contributed by atoms with Crippen molar-refractivity contribution in [3.05, 3.63) is 35.6 Å². The van der Waals surface area contributed by atoms with Crippen molar-refractivity contribution in [2.75, 3.05) is 13.1 Å². The van der Waals surface area contributed by atoms with Crippen LogP contribution >= 0.6 is 0 Å². The normalized spacial score (nSPS) is 19.7. The molecule has 0 aromatic heterocycles. The molecule has 1 fully saturated rings. The molecule has 3 nitrogen and oxygen atoms in total. The van der Waals surface area contributed by atoms with Crippen LogP contribution in [0.1, 0.15) is 18.4 Å². The predicted molar refractivity (Wildman–Crippen MR) is 65.0 cm³/mol. The molecule has 0 radical (unpaired) electrons. The third-order valence-corrected chi connectivity index (χ3v) is 3.24. The Labute approximate surface area is 106 Å². The zero-order valence-corrected chi connectivity index (χ0v) is 10.1. The number of halogens is 1. The lowest BCUT2D eigenvalue weighted by Crippen LogP contribution is -2.40. The van der Waals surface area contributed by atoms with Gasteiger partial charge in [0.1, 0.15) is 5.82 Å². The molecule has 0 aliphatic carbocycles. The predicted octanol–water partition coefficient (Wildman–Crippen LogP) is 2.13. The Balaban J connectivity index is 1.93. The first-order valence-electron chi connectivity index (χ1n) is 6.11. The van der Waals surface area contributed by atoms with Gasteiger partial charge < -0.3 is 4.90 Å². The first kappa shape index (κ1) is 12.6. The molecule has 1 atom stereocenters. The second kappa shape index (κ2) is 5.63. The summed E-state index contributed by atoms with van der Waals surface area (Å²) in [7, 11) is 0. The molecule has 1 saturated heterocycles. The van der Waals surface area contributed by atoms with Gasteiger partial charge >= 0.3 is 0 Å². The lowest BCUT2D eigenvalue weighted by molar-refractivity contribution is -0.134. The van der Waals surface area contributed by atoms with Crippen molar-refractivity contribution < 1.29 is 9.18 Å². The topological polar surface area (TPSA) is 44.1 Å². The molecule has 4 heteroatoms. The number of carbonyl (C=O) groups is 1. The van der Waals surface area contributed by atoms with E-state index in [0.717, 1.165) is 5.56 Å². The number of carbonyl (C=O) groups excluding carboxylic acids is 1. The summed E-state index contributed by atoms with van der Waals surface area (Å²) < 4.78 is 13.0. The number of likely N-dealkylation sites (tertiary alicyclic amines) is 1. The summed E-state index contributed by atoms with van der Waals surface area (Å²) in [6.45, 7) is 1.06. The number of hydrogen-bond acceptors (Lipinski definition) is 2. The monoisotopic (exact) mass is 246 g/mol. The average Bonchev–Trinajstić information content (AvgIpc) is 2.38. The maximum Gasteiger partial charge on any atom is 0.222 e. The molecule has 0 bridgehead atoms. The number of nitrogens with zero attached hydrogens (tertiary/aromatic N) is 2. The van der Waals surface area contributed by atoms with E-state index in [2.05, 4.69) is 6.07 Å². The highest BCUT2D eigenvalue weighted by molar-refractivity contribution is 5.77. The Morgan fingerprint density at radius 2 is 2.33 bits per heavy atom. The van der Waals surface area contributed by atoms with Gasteiger partial charge in [-0.05, 0) is 30.5 Å². The molecule has 1 unspecified atom stereocenters. The fourth-order valence-corrected chi connectivity index (χ4v) is 2.19. The smallest absolute Gasteiger partial charge is 0.222 e. The molecular weight excluding hydrogens is 231 g/mol. The maximum absolute atomic E-state index is 13.0. The Kier molecular flexibility index (Phi) is 3.93. The van der Waals surface area contributed by atoms with Crippen molar-refractivity contribution in [3.63, 3.8) is 0 Å². The van der Waals surface area contributed by atoms with Gasteiger partial charge in [-0.1, -0.05) is 12.1 Å².